The second-order valence-corrected chi connectivity index (χ2v) is 23.1. The Kier molecular flexibility index (Phi) is 62.6. The lowest BCUT2D eigenvalue weighted by atomic mass is 10.0. The molecule has 6 nitrogen and oxygen atoms in total. The Hall–Kier alpha value is -2.11. The highest BCUT2D eigenvalue weighted by Gasteiger charge is 2.19. The maximum atomic E-state index is 12.9. The van der Waals surface area contributed by atoms with Crippen LogP contribution in [0.1, 0.15) is 380 Å². The Bertz CT molecular complexity index is 1210. The van der Waals surface area contributed by atoms with E-state index >= 15 is 0 Å². The van der Waals surface area contributed by atoms with Crippen LogP contribution >= 0.6 is 0 Å². The lowest BCUT2D eigenvalue weighted by Crippen LogP contribution is -2.30. The van der Waals surface area contributed by atoms with Gasteiger partial charge in [-0.15, -0.1) is 0 Å². The van der Waals surface area contributed by atoms with Crippen molar-refractivity contribution in [2.24, 2.45) is 0 Å². The highest BCUT2D eigenvalue weighted by molar-refractivity contribution is 5.71. The average Bonchev–Trinajstić information content (AvgIpc) is 3.41. The molecule has 0 N–H and O–H groups in total. The van der Waals surface area contributed by atoms with Crippen LogP contribution in [0.2, 0.25) is 0 Å². The summed E-state index contributed by atoms with van der Waals surface area (Å²) in [6.45, 7) is 6.66. The number of carbonyl (C=O) groups excluding carboxylic acids is 3. The Labute approximate surface area is 468 Å². The number of hydrogen-bond acceptors (Lipinski definition) is 6. The molecule has 0 saturated carbocycles. The average molecular weight is 1060 g/mol. The van der Waals surface area contributed by atoms with Crippen LogP contribution in [0.15, 0.2) is 24.3 Å². The zero-order chi connectivity index (χ0) is 54.3. The molecule has 0 amide bonds. The van der Waals surface area contributed by atoms with Gasteiger partial charge in [-0.3, -0.25) is 14.4 Å². The normalized spacial score (nSPS) is 12.1. The summed E-state index contributed by atoms with van der Waals surface area (Å²) in [5, 5.41) is 0. The van der Waals surface area contributed by atoms with Gasteiger partial charge < -0.3 is 14.2 Å². The number of rotatable bonds is 63. The molecule has 0 aromatic heterocycles. The van der Waals surface area contributed by atoms with Crippen molar-refractivity contribution in [3.05, 3.63) is 24.3 Å². The maximum absolute atomic E-state index is 12.9. The van der Waals surface area contributed by atoms with E-state index in [0.29, 0.717) is 19.3 Å². The van der Waals surface area contributed by atoms with Crippen molar-refractivity contribution < 1.29 is 28.6 Å². The largest absolute Gasteiger partial charge is 0.462 e. The summed E-state index contributed by atoms with van der Waals surface area (Å²) in [7, 11) is 0. The summed E-state index contributed by atoms with van der Waals surface area (Å²) >= 11 is 0. The van der Waals surface area contributed by atoms with E-state index < -0.39 is 6.10 Å². The first-order valence-electron chi connectivity index (χ1n) is 33.8. The first kappa shape index (κ1) is 72.9. The summed E-state index contributed by atoms with van der Waals surface area (Å²) in [6, 6.07) is 0. The molecule has 0 rings (SSSR count). The van der Waals surface area contributed by atoms with Crippen molar-refractivity contribution in [3.8, 4) is 0 Å². The SMILES string of the molecule is CCCC/C=C\CCCCCCCC(=O)OCC(COC(=O)CCCCCCCCCCCCCCCCCCCCC/C=C\CCCCCCCCCC)OC(=O)CCCCCCCCCCCCCCCCC. The van der Waals surface area contributed by atoms with Gasteiger partial charge in [0.25, 0.3) is 0 Å². The van der Waals surface area contributed by atoms with Crippen molar-refractivity contribution in [1.29, 1.82) is 0 Å². The van der Waals surface area contributed by atoms with Gasteiger partial charge in [0.05, 0.1) is 0 Å². The van der Waals surface area contributed by atoms with Gasteiger partial charge in [-0.2, -0.15) is 0 Å². The van der Waals surface area contributed by atoms with Gasteiger partial charge in [-0.25, -0.2) is 0 Å². The van der Waals surface area contributed by atoms with E-state index in [1.165, 1.54) is 276 Å². The van der Waals surface area contributed by atoms with Gasteiger partial charge in [-0.1, -0.05) is 321 Å². The van der Waals surface area contributed by atoms with Crippen LogP contribution in [-0.4, -0.2) is 37.2 Å². The van der Waals surface area contributed by atoms with Crippen LogP contribution in [0, 0.1) is 0 Å². The van der Waals surface area contributed by atoms with Crippen LogP contribution in [0.4, 0.5) is 0 Å². The smallest absolute Gasteiger partial charge is 0.306 e. The first-order chi connectivity index (χ1) is 37.0. The van der Waals surface area contributed by atoms with Gasteiger partial charge in [0.15, 0.2) is 6.10 Å². The van der Waals surface area contributed by atoms with Crippen molar-refractivity contribution in [2.45, 2.75) is 386 Å². The van der Waals surface area contributed by atoms with Crippen LogP contribution in [-0.2, 0) is 28.6 Å². The minimum atomic E-state index is -0.770. The molecular formula is C69H130O6. The Morgan fingerprint density at radius 3 is 0.707 bits per heavy atom. The molecule has 0 spiro atoms. The summed E-state index contributed by atoms with van der Waals surface area (Å²) in [5.41, 5.74) is 0. The molecule has 0 bridgehead atoms. The van der Waals surface area contributed by atoms with Crippen molar-refractivity contribution in [2.75, 3.05) is 13.2 Å². The van der Waals surface area contributed by atoms with Crippen LogP contribution in [0.5, 0.6) is 0 Å². The van der Waals surface area contributed by atoms with Crippen LogP contribution in [0.25, 0.3) is 0 Å². The molecule has 0 aliphatic rings. The Balaban J connectivity index is 4.06. The summed E-state index contributed by atoms with van der Waals surface area (Å²) in [6.07, 6.45) is 77.9. The highest BCUT2D eigenvalue weighted by Crippen LogP contribution is 2.18. The molecule has 0 radical (unpaired) electrons. The predicted molar refractivity (Wildman–Crippen MR) is 326 cm³/mol. The first-order valence-corrected chi connectivity index (χ1v) is 33.8. The van der Waals surface area contributed by atoms with E-state index in [0.717, 1.165) is 64.2 Å². The molecule has 0 aliphatic heterocycles. The molecule has 442 valence electrons. The molecule has 0 fully saturated rings. The van der Waals surface area contributed by atoms with Gasteiger partial charge in [0.2, 0.25) is 0 Å². The van der Waals surface area contributed by atoms with E-state index in [4.69, 9.17) is 14.2 Å². The van der Waals surface area contributed by atoms with E-state index in [1.807, 2.05) is 0 Å². The number of unbranched alkanes of at least 4 members (excludes halogenated alkanes) is 48. The molecule has 0 saturated heterocycles. The molecule has 1 atom stereocenters. The van der Waals surface area contributed by atoms with Crippen molar-refractivity contribution in [1.82, 2.24) is 0 Å². The predicted octanol–water partition coefficient (Wildman–Crippen LogP) is 23.0. The molecule has 75 heavy (non-hydrogen) atoms. The zero-order valence-electron chi connectivity index (χ0n) is 50.8. The second kappa shape index (κ2) is 64.4. The van der Waals surface area contributed by atoms with E-state index in [9.17, 15) is 14.4 Å². The third-order valence-corrected chi connectivity index (χ3v) is 15.4. The van der Waals surface area contributed by atoms with E-state index in [1.54, 1.807) is 0 Å². The molecule has 0 aliphatic carbocycles. The molecule has 0 heterocycles. The van der Waals surface area contributed by atoms with Gasteiger partial charge in [0, 0.05) is 19.3 Å². The molecule has 0 aromatic rings. The lowest BCUT2D eigenvalue weighted by molar-refractivity contribution is -0.167. The molecule has 0 aromatic carbocycles. The number of allylic oxidation sites excluding steroid dienone is 4. The molecule has 1 unspecified atom stereocenters. The Morgan fingerprint density at radius 2 is 0.453 bits per heavy atom. The van der Waals surface area contributed by atoms with Gasteiger partial charge >= 0.3 is 17.9 Å². The molecular weight excluding hydrogens is 925 g/mol. The lowest BCUT2D eigenvalue weighted by Gasteiger charge is -2.18. The summed E-state index contributed by atoms with van der Waals surface area (Å²) in [5.74, 6) is -0.852. The summed E-state index contributed by atoms with van der Waals surface area (Å²) < 4.78 is 16.9. The minimum absolute atomic E-state index is 0.0678. The zero-order valence-corrected chi connectivity index (χ0v) is 50.8. The van der Waals surface area contributed by atoms with Crippen LogP contribution in [0.3, 0.4) is 0 Å². The van der Waals surface area contributed by atoms with E-state index in [2.05, 4.69) is 45.1 Å². The monoisotopic (exact) mass is 1050 g/mol. The second-order valence-electron chi connectivity index (χ2n) is 23.1. The number of hydrogen-bond donors (Lipinski definition) is 0. The third-order valence-electron chi connectivity index (χ3n) is 15.4. The summed E-state index contributed by atoms with van der Waals surface area (Å²) in [4.78, 5) is 38.2. The highest BCUT2D eigenvalue weighted by atomic mass is 16.6. The van der Waals surface area contributed by atoms with Crippen LogP contribution < -0.4 is 0 Å². The standard InChI is InChI=1S/C69H130O6/c1-4-7-10-13-16-19-22-24-26-27-28-29-30-31-32-33-34-35-36-37-38-39-40-41-43-44-47-50-53-56-59-62-68(71)74-65-66(64-73-67(70)61-58-55-52-49-46-21-18-15-12-9-6-3)75-69(72)63-60-57-54-51-48-45-42-25-23-20-17-14-11-8-5-2/h15,18,27-28,66H,4-14,16-17,19-26,29-65H2,1-3H3/b18-15-,28-27-. The fourth-order valence-corrected chi connectivity index (χ4v) is 10.3. The third kappa shape index (κ3) is 62.6. The Morgan fingerprint density at radius 1 is 0.253 bits per heavy atom. The van der Waals surface area contributed by atoms with Crippen molar-refractivity contribution >= 4 is 17.9 Å². The fraction of sp³-hybridized carbons (Fsp3) is 0.899. The fourth-order valence-electron chi connectivity index (χ4n) is 10.3. The quantitative estimate of drug-likeness (QED) is 0.0261. The van der Waals surface area contributed by atoms with Crippen molar-refractivity contribution in [3.63, 3.8) is 0 Å². The molecule has 6 heteroatoms. The number of carbonyl (C=O) groups is 3. The van der Waals surface area contributed by atoms with E-state index in [-0.39, 0.29) is 31.1 Å². The van der Waals surface area contributed by atoms with Gasteiger partial charge in [-0.05, 0) is 64.2 Å². The number of ether oxygens (including phenoxy) is 3. The van der Waals surface area contributed by atoms with Gasteiger partial charge in [0.1, 0.15) is 13.2 Å². The topological polar surface area (TPSA) is 78.9 Å². The minimum Gasteiger partial charge on any atom is -0.462 e. The number of esters is 3. The maximum Gasteiger partial charge on any atom is 0.306 e.